The van der Waals surface area contributed by atoms with Crippen LogP contribution in [0.15, 0.2) is 0 Å². The number of nitrogens with one attached hydrogen (secondary N) is 2. The quantitative estimate of drug-likeness (QED) is 0.567. The first kappa shape index (κ1) is 12.5. The van der Waals surface area contributed by atoms with Gasteiger partial charge in [0.2, 0.25) is 17.7 Å². The van der Waals surface area contributed by atoms with Gasteiger partial charge in [-0.25, -0.2) is 0 Å². The van der Waals surface area contributed by atoms with Crippen molar-refractivity contribution >= 4 is 17.7 Å². The van der Waals surface area contributed by atoms with Crippen LogP contribution < -0.4 is 16.4 Å². The minimum Gasteiger partial charge on any atom is -0.370 e. The Morgan fingerprint density at radius 1 is 1.38 bits per heavy atom. The Balaban J connectivity index is 2.67. The van der Waals surface area contributed by atoms with Crippen LogP contribution in [-0.2, 0) is 14.4 Å². The Morgan fingerprint density at radius 2 is 2.00 bits per heavy atom. The summed E-state index contributed by atoms with van der Waals surface area (Å²) in [4.78, 5) is 33.9. The van der Waals surface area contributed by atoms with Crippen molar-refractivity contribution in [3.8, 4) is 0 Å². The molecule has 1 rings (SSSR count). The van der Waals surface area contributed by atoms with Crippen LogP contribution in [0.25, 0.3) is 0 Å². The van der Waals surface area contributed by atoms with E-state index in [1.54, 1.807) is 0 Å². The fraction of sp³-hybridized carbons (Fsp3) is 0.700. The van der Waals surface area contributed by atoms with E-state index in [9.17, 15) is 14.4 Å². The minimum atomic E-state index is -0.828. The maximum atomic E-state index is 11.7. The second-order valence-corrected chi connectivity index (χ2v) is 4.10. The molecule has 4 N–H and O–H groups in total. The van der Waals surface area contributed by atoms with E-state index >= 15 is 0 Å². The van der Waals surface area contributed by atoms with Gasteiger partial charge in [0.25, 0.3) is 0 Å². The van der Waals surface area contributed by atoms with Gasteiger partial charge in [-0.15, -0.1) is 0 Å². The number of hydrogen-bond donors (Lipinski definition) is 3. The molecule has 3 atom stereocenters. The fourth-order valence-corrected chi connectivity index (χ4v) is 1.63. The summed E-state index contributed by atoms with van der Waals surface area (Å²) in [5, 5.41) is 5.12. The maximum absolute atomic E-state index is 11.7. The Morgan fingerprint density at radius 3 is 2.50 bits per heavy atom. The summed E-state index contributed by atoms with van der Waals surface area (Å²) in [5.74, 6) is -1.13. The summed E-state index contributed by atoms with van der Waals surface area (Å²) in [6.07, 6.45) is 0.629. The summed E-state index contributed by atoms with van der Waals surface area (Å²) >= 11 is 0. The van der Waals surface area contributed by atoms with Gasteiger partial charge >= 0.3 is 0 Å². The third kappa shape index (κ3) is 2.71. The Labute approximate surface area is 93.9 Å². The number of carbonyl (C=O) groups excluding carboxylic acids is 3. The SMILES string of the molecule is CC[C@H](C)C1NC(=O)[C@H](CC(N)=O)NC1=O. The molecule has 6 nitrogen and oxygen atoms in total. The first-order valence-corrected chi connectivity index (χ1v) is 5.34. The molecular formula is C10H17N3O3. The molecule has 1 fully saturated rings. The molecule has 0 aromatic carbocycles. The molecule has 0 aromatic rings. The Bertz CT molecular complexity index is 316. The third-order valence-electron chi connectivity index (χ3n) is 2.83. The molecule has 16 heavy (non-hydrogen) atoms. The summed E-state index contributed by atoms with van der Waals surface area (Å²) in [7, 11) is 0. The topological polar surface area (TPSA) is 101 Å². The van der Waals surface area contributed by atoms with E-state index in [-0.39, 0.29) is 24.2 Å². The average molecular weight is 227 g/mol. The van der Waals surface area contributed by atoms with E-state index in [2.05, 4.69) is 10.6 Å². The predicted octanol–water partition coefficient (Wildman–Crippen LogP) is -1.11. The lowest BCUT2D eigenvalue weighted by Gasteiger charge is -2.32. The van der Waals surface area contributed by atoms with Crippen molar-refractivity contribution in [3.63, 3.8) is 0 Å². The Kier molecular flexibility index (Phi) is 3.87. The molecule has 0 bridgehead atoms. The zero-order valence-electron chi connectivity index (χ0n) is 9.45. The van der Waals surface area contributed by atoms with Crippen LogP contribution in [0, 0.1) is 5.92 Å². The van der Waals surface area contributed by atoms with Gasteiger partial charge in [0, 0.05) is 0 Å². The van der Waals surface area contributed by atoms with Gasteiger partial charge in [0.05, 0.1) is 6.42 Å². The van der Waals surface area contributed by atoms with Crippen molar-refractivity contribution in [3.05, 3.63) is 0 Å². The molecule has 0 aliphatic carbocycles. The summed E-state index contributed by atoms with van der Waals surface area (Å²) in [6, 6.07) is -1.34. The lowest BCUT2D eigenvalue weighted by atomic mass is 9.95. The highest BCUT2D eigenvalue weighted by Gasteiger charge is 2.36. The first-order valence-electron chi connectivity index (χ1n) is 5.34. The number of amides is 3. The number of piperazine rings is 1. The highest BCUT2D eigenvalue weighted by Crippen LogP contribution is 2.12. The average Bonchev–Trinajstić information content (AvgIpc) is 2.21. The number of rotatable bonds is 4. The van der Waals surface area contributed by atoms with Crippen molar-refractivity contribution in [1.29, 1.82) is 0 Å². The van der Waals surface area contributed by atoms with Crippen molar-refractivity contribution in [2.24, 2.45) is 11.7 Å². The molecular weight excluding hydrogens is 210 g/mol. The van der Waals surface area contributed by atoms with Crippen LogP contribution in [0.3, 0.4) is 0 Å². The fourth-order valence-electron chi connectivity index (χ4n) is 1.63. The molecule has 1 aliphatic heterocycles. The number of primary amides is 1. The van der Waals surface area contributed by atoms with Crippen LogP contribution >= 0.6 is 0 Å². The van der Waals surface area contributed by atoms with Crippen molar-refractivity contribution in [2.75, 3.05) is 0 Å². The lowest BCUT2D eigenvalue weighted by Crippen LogP contribution is -2.64. The van der Waals surface area contributed by atoms with Crippen LogP contribution in [0.5, 0.6) is 0 Å². The van der Waals surface area contributed by atoms with Crippen LogP contribution in [-0.4, -0.2) is 29.8 Å². The smallest absolute Gasteiger partial charge is 0.243 e. The van der Waals surface area contributed by atoms with Crippen LogP contribution in [0.1, 0.15) is 26.7 Å². The normalized spacial score (nSPS) is 26.9. The molecule has 1 heterocycles. The van der Waals surface area contributed by atoms with Gasteiger partial charge in [0.15, 0.2) is 0 Å². The summed E-state index contributed by atoms with van der Waals surface area (Å²) in [6.45, 7) is 3.83. The molecule has 90 valence electrons. The number of hydrogen-bond acceptors (Lipinski definition) is 3. The van der Waals surface area contributed by atoms with Gasteiger partial charge in [-0.2, -0.15) is 0 Å². The largest absolute Gasteiger partial charge is 0.370 e. The van der Waals surface area contributed by atoms with Gasteiger partial charge < -0.3 is 16.4 Å². The monoisotopic (exact) mass is 227 g/mol. The van der Waals surface area contributed by atoms with Crippen molar-refractivity contribution in [2.45, 2.75) is 38.8 Å². The van der Waals surface area contributed by atoms with Crippen LogP contribution in [0.4, 0.5) is 0 Å². The molecule has 0 spiro atoms. The standard InChI is InChI=1S/C10H17N3O3/c1-3-5(2)8-10(16)12-6(4-7(11)14)9(15)13-8/h5-6,8H,3-4H2,1-2H3,(H2,11,14)(H,12,16)(H,13,15)/t5-,6-,8?/m0/s1. The van der Waals surface area contributed by atoms with E-state index in [1.807, 2.05) is 13.8 Å². The highest BCUT2D eigenvalue weighted by molar-refractivity contribution is 5.99. The molecule has 3 amide bonds. The zero-order valence-corrected chi connectivity index (χ0v) is 9.45. The summed E-state index contributed by atoms with van der Waals surface area (Å²) < 4.78 is 0. The zero-order chi connectivity index (χ0) is 12.3. The third-order valence-corrected chi connectivity index (χ3v) is 2.83. The van der Waals surface area contributed by atoms with Crippen LogP contribution in [0.2, 0.25) is 0 Å². The Hall–Kier alpha value is -1.59. The lowest BCUT2D eigenvalue weighted by molar-refractivity contribution is -0.139. The van der Waals surface area contributed by atoms with E-state index in [0.29, 0.717) is 0 Å². The van der Waals surface area contributed by atoms with Gasteiger partial charge in [-0.1, -0.05) is 20.3 Å². The van der Waals surface area contributed by atoms with Crippen molar-refractivity contribution < 1.29 is 14.4 Å². The molecule has 1 saturated heterocycles. The summed E-state index contributed by atoms with van der Waals surface area (Å²) in [5.41, 5.74) is 4.98. The van der Waals surface area contributed by atoms with Gasteiger partial charge in [-0.3, -0.25) is 14.4 Å². The molecule has 1 aliphatic rings. The van der Waals surface area contributed by atoms with E-state index in [1.165, 1.54) is 0 Å². The number of nitrogens with two attached hydrogens (primary N) is 1. The van der Waals surface area contributed by atoms with E-state index in [4.69, 9.17) is 5.73 Å². The first-order chi connectivity index (χ1) is 7.45. The van der Waals surface area contributed by atoms with Gasteiger partial charge in [-0.05, 0) is 5.92 Å². The molecule has 6 heteroatoms. The van der Waals surface area contributed by atoms with E-state index in [0.717, 1.165) is 6.42 Å². The van der Waals surface area contributed by atoms with E-state index < -0.39 is 18.0 Å². The highest BCUT2D eigenvalue weighted by atomic mass is 16.2. The second kappa shape index (κ2) is 4.96. The van der Waals surface area contributed by atoms with Crippen molar-refractivity contribution in [1.82, 2.24) is 10.6 Å². The molecule has 0 saturated carbocycles. The molecule has 0 aromatic heterocycles. The predicted molar refractivity (Wildman–Crippen MR) is 57.1 cm³/mol. The second-order valence-electron chi connectivity index (χ2n) is 4.10. The minimum absolute atomic E-state index is 0.0680. The molecule has 1 unspecified atom stereocenters. The number of carbonyl (C=O) groups is 3. The molecule has 0 radical (unpaired) electrons. The maximum Gasteiger partial charge on any atom is 0.243 e. The van der Waals surface area contributed by atoms with Gasteiger partial charge in [0.1, 0.15) is 12.1 Å².